The van der Waals surface area contributed by atoms with E-state index in [9.17, 15) is 9.90 Å². The Hall–Kier alpha value is -4.11. The smallest absolute Gasteiger partial charge is 0.241 e. The molecule has 0 saturated carbocycles. The monoisotopic (exact) mass is 466 g/mol. The minimum Gasteiger partial charge on any atom is -0.504 e. The topological polar surface area (TPSA) is 106 Å². The Kier molecular flexibility index (Phi) is 5.33. The van der Waals surface area contributed by atoms with Gasteiger partial charge in [-0.2, -0.15) is 0 Å². The first kappa shape index (κ1) is 21.7. The molecule has 0 radical (unpaired) electrons. The van der Waals surface area contributed by atoms with Gasteiger partial charge in [0.25, 0.3) is 0 Å². The van der Waals surface area contributed by atoms with E-state index in [4.69, 9.17) is 32.8 Å². The van der Waals surface area contributed by atoms with E-state index in [-0.39, 0.29) is 39.4 Å². The summed E-state index contributed by atoms with van der Waals surface area (Å²) >= 11 is 0. The summed E-state index contributed by atoms with van der Waals surface area (Å²) in [5.41, 5.74) is 0.930. The summed E-state index contributed by atoms with van der Waals surface area (Å²) in [4.78, 5) is 13.3. The van der Waals surface area contributed by atoms with Gasteiger partial charge in [0.15, 0.2) is 28.9 Å². The number of phenols is 1. The van der Waals surface area contributed by atoms with Crippen LogP contribution in [0.3, 0.4) is 0 Å². The van der Waals surface area contributed by atoms with Crippen molar-refractivity contribution in [1.29, 1.82) is 0 Å². The summed E-state index contributed by atoms with van der Waals surface area (Å²) in [6.45, 7) is 0. The maximum absolute atomic E-state index is 13.3. The van der Waals surface area contributed by atoms with Gasteiger partial charge in [-0.05, 0) is 30.3 Å². The van der Waals surface area contributed by atoms with Gasteiger partial charge in [0.05, 0.1) is 32.1 Å². The highest BCUT2D eigenvalue weighted by Crippen LogP contribution is 2.50. The molecule has 4 aromatic rings. The van der Waals surface area contributed by atoms with Gasteiger partial charge in [0.2, 0.25) is 23.2 Å². The number of hydrogen-bond acceptors (Lipinski definition) is 9. The minimum absolute atomic E-state index is 0.00926. The highest BCUT2D eigenvalue weighted by Gasteiger charge is 2.38. The lowest BCUT2D eigenvalue weighted by Crippen LogP contribution is -2.35. The molecular formula is C25H22O9. The molecule has 9 nitrogen and oxygen atoms in total. The van der Waals surface area contributed by atoms with Crippen molar-refractivity contribution < 1.29 is 37.9 Å². The first-order chi connectivity index (χ1) is 16.5. The average molecular weight is 466 g/mol. The third-order valence-corrected chi connectivity index (χ3v) is 5.76. The van der Waals surface area contributed by atoms with Crippen molar-refractivity contribution in [3.05, 3.63) is 58.3 Å². The molecule has 9 heteroatoms. The molecule has 0 aliphatic carbocycles. The van der Waals surface area contributed by atoms with Crippen LogP contribution in [0.25, 0.3) is 21.9 Å². The van der Waals surface area contributed by atoms with E-state index >= 15 is 0 Å². The van der Waals surface area contributed by atoms with Gasteiger partial charge in [-0.3, -0.25) is 4.79 Å². The molecule has 1 N–H and O–H groups in total. The summed E-state index contributed by atoms with van der Waals surface area (Å²) in [5.74, 6) is 1.55. The summed E-state index contributed by atoms with van der Waals surface area (Å²) in [6.07, 6.45) is -1.63. The fraction of sp³-hybridized carbons (Fsp3) is 0.240. The number of fused-ring (bicyclic) bond motifs is 4. The molecule has 0 amide bonds. The number of methoxy groups -OCH3 is 4. The van der Waals surface area contributed by atoms with Gasteiger partial charge in [-0.25, -0.2) is 0 Å². The van der Waals surface area contributed by atoms with Gasteiger partial charge >= 0.3 is 0 Å². The second-order valence-corrected chi connectivity index (χ2v) is 7.60. The standard InChI is InChI=1S/C25H22O9/c1-28-13-6-7-14-17(10-13)32-22-15(20(14)27)11-19(30-3)23-24(22)34-25(31-4)21(33-23)12-5-8-16(26)18(9-12)29-2/h5-11,21,25-26H,1-4H3. The molecule has 0 fully saturated rings. The largest absolute Gasteiger partial charge is 0.504 e. The van der Waals surface area contributed by atoms with E-state index in [1.165, 1.54) is 34.5 Å². The third kappa shape index (κ3) is 3.32. The Morgan fingerprint density at radius 1 is 0.824 bits per heavy atom. The lowest BCUT2D eigenvalue weighted by Gasteiger charge is -2.34. The molecule has 1 aliphatic heterocycles. The zero-order valence-electron chi connectivity index (χ0n) is 18.9. The fourth-order valence-electron chi connectivity index (χ4n) is 4.03. The number of aromatic hydroxyl groups is 1. The average Bonchev–Trinajstić information content (AvgIpc) is 2.87. The van der Waals surface area contributed by atoms with Crippen LogP contribution < -0.4 is 29.1 Å². The first-order valence-corrected chi connectivity index (χ1v) is 10.4. The predicted octanol–water partition coefficient (Wildman–Crippen LogP) is 4.16. The van der Waals surface area contributed by atoms with E-state index in [1.54, 1.807) is 36.4 Å². The van der Waals surface area contributed by atoms with E-state index in [1.807, 2.05) is 0 Å². The van der Waals surface area contributed by atoms with Gasteiger partial charge < -0.3 is 37.9 Å². The highest BCUT2D eigenvalue weighted by atomic mass is 16.7. The van der Waals surface area contributed by atoms with Crippen molar-refractivity contribution in [2.75, 3.05) is 28.4 Å². The number of ether oxygens (including phenoxy) is 6. The molecule has 34 heavy (non-hydrogen) atoms. The van der Waals surface area contributed by atoms with Crippen LogP contribution in [0, 0.1) is 0 Å². The molecule has 1 aromatic heterocycles. The van der Waals surface area contributed by atoms with Crippen LogP contribution in [0.5, 0.6) is 34.5 Å². The fourth-order valence-corrected chi connectivity index (χ4v) is 4.03. The molecular weight excluding hydrogens is 444 g/mol. The first-order valence-electron chi connectivity index (χ1n) is 10.4. The maximum atomic E-state index is 13.3. The summed E-state index contributed by atoms with van der Waals surface area (Å²) in [6, 6.07) is 11.3. The Morgan fingerprint density at radius 3 is 2.32 bits per heavy atom. The molecule has 2 heterocycles. The highest BCUT2D eigenvalue weighted by molar-refractivity contribution is 5.95. The predicted molar refractivity (Wildman–Crippen MR) is 123 cm³/mol. The lowest BCUT2D eigenvalue weighted by atomic mass is 10.1. The molecule has 0 bridgehead atoms. The van der Waals surface area contributed by atoms with E-state index < -0.39 is 12.4 Å². The molecule has 2 atom stereocenters. The lowest BCUT2D eigenvalue weighted by molar-refractivity contribution is -0.137. The Balaban J connectivity index is 1.72. The zero-order chi connectivity index (χ0) is 24.0. The third-order valence-electron chi connectivity index (χ3n) is 5.76. The molecule has 5 rings (SSSR count). The van der Waals surface area contributed by atoms with Crippen molar-refractivity contribution in [3.8, 4) is 34.5 Å². The quantitative estimate of drug-likeness (QED) is 0.434. The number of phenolic OH excluding ortho intramolecular Hbond substituents is 1. The molecule has 0 spiro atoms. The van der Waals surface area contributed by atoms with E-state index in [0.717, 1.165) is 0 Å². The van der Waals surface area contributed by atoms with Crippen molar-refractivity contribution in [1.82, 2.24) is 0 Å². The zero-order valence-corrected chi connectivity index (χ0v) is 18.9. The van der Waals surface area contributed by atoms with Crippen molar-refractivity contribution in [2.45, 2.75) is 12.4 Å². The minimum atomic E-state index is -0.900. The van der Waals surface area contributed by atoms with Crippen LogP contribution >= 0.6 is 0 Å². The number of rotatable bonds is 5. The molecule has 3 aromatic carbocycles. The van der Waals surface area contributed by atoms with Crippen molar-refractivity contribution in [3.63, 3.8) is 0 Å². The Labute approximate surface area is 193 Å². The second-order valence-electron chi connectivity index (χ2n) is 7.60. The van der Waals surface area contributed by atoms with Gasteiger partial charge in [0, 0.05) is 18.7 Å². The van der Waals surface area contributed by atoms with Crippen LogP contribution in [0.1, 0.15) is 11.7 Å². The number of hydrogen-bond donors (Lipinski definition) is 1. The van der Waals surface area contributed by atoms with E-state index in [2.05, 4.69) is 0 Å². The SMILES string of the molecule is COc1ccc2c(=O)c3cc(OC)c4c(c3oc2c1)OC(OC)C(c1ccc(O)c(OC)c1)O4. The normalized spacial score (nSPS) is 17.1. The van der Waals surface area contributed by atoms with Gasteiger partial charge in [-0.15, -0.1) is 0 Å². The Bertz CT molecular complexity index is 1460. The molecule has 2 unspecified atom stereocenters. The van der Waals surface area contributed by atoms with Crippen LogP contribution in [-0.2, 0) is 4.74 Å². The van der Waals surface area contributed by atoms with Gasteiger partial charge in [0.1, 0.15) is 11.3 Å². The molecule has 176 valence electrons. The van der Waals surface area contributed by atoms with Crippen LogP contribution in [0.15, 0.2) is 51.7 Å². The van der Waals surface area contributed by atoms with Crippen LogP contribution in [0.4, 0.5) is 0 Å². The summed E-state index contributed by atoms with van der Waals surface area (Å²) < 4.78 is 40.1. The van der Waals surface area contributed by atoms with Crippen LogP contribution in [-0.4, -0.2) is 39.8 Å². The summed E-state index contributed by atoms with van der Waals surface area (Å²) in [7, 11) is 5.93. The second kappa shape index (κ2) is 8.35. The Morgan fingerprint density at radius 2 is 1.62 bits per heavy atom. The van der Waals surface area contributed by atoms with E-state index in [0.29, 0.717) is 28.0 Å². The van der Waals surface area contributed by atoms with Crippen molar-refractivity contribution >= 4 is 21.9 Å². The number of benzene rings is 3. The van der Waals surface area contributed by atoms with Crippen LogP contribution in [0.2, 0.25) is 0 Å². The van der Waals surface area contributed by atoms with Crippen molar-refractivity contribution in [2.24, 2.45) is 0 Å². The summed E-state index contributed by atoms with van der Waals surface area (Å²) in [5, 5.41) is 10.6. The molecule has 0 saturated heterocycles. The maximum Gasteiger partial charge on any atom is 0.241 e. The van der Waals surface area contributed by atoms with Gasteiger partial charge in [-0.1, -0.05) is 6.07 Å². The molecule has 1 aliphatic rings.